The van der Waals surface area contributed by atoms with Crippen LogP contribution in [0.15, 0.2) is 0 Å². The molecule has 1 amide bonds. The number of carbonyl (C=O) groups is 1. The second-order valence-corrected chi connectivity index (χ2v) is 8.02. The molecule has 20 heavy (non-hydrogen) atoms. The van der Waals surface area contributed by atoms with E-state index in [-0.39, 0.29) is 5.91 Å². The zero-order valence-electron chi connectivity index (χ0n) is 12.6. The summed E-state index contributed by atoms with van der Waals surface area (Å²) in [5, 5.41) is 0. The number of rotatable bonds is 4. The SMILES string of the molecule is CC1CC(C(=O)N(C)CC2CC3CCC2C3)(C(N)=S)C1. The van der Waals surface area contributed by atoms with Crippen molar-refractivity contribution in [3.05, 3.63) is 0 Å². The lowest BCUT2D eigenvalue weighted by Crippen LogP contribution is -2.56. The normalized spacial score (nSPS) is 42.3. The summed E-state index contributed by atoms with van der Waals surface area (Å²) in [4.78, 5) is 15.1. The quantitative estimate of drug-likeness (QED) is 0.811. The molecule has 3 aliphatic carbocycles. The molecule has 3 atom stereocenters. The second-order valence-electron chi connectivity index (χ2n) is 7.58. The minimum atomic E-state index is -0.527. The number of hydrogen-bond donors (Lipinski definition) is 1. The maximum absolute atomic E-state index is 12.8. The van der Waals surface area contributed by atoms with Crippen molar-refractivity contribution in [3.63, 3.8) is 0 Å². The zero-order chi connectivity index (χ0) is 14.5. The molecule has 0 heterocycles. The molecule has 3 aliphatic rings. The number of hydrogen-bond acceptors (Lipinski definition) is 2. The van der Waals surface area contributed by atoms with E-state index in [1.807, 2.05) is 11.9 Å². The van der Waals surface area contributed by atoms with Gasteiger partial charge >= 0.3 is 0 Å². The molecule has 3 unspecified atom stereocenters. The number of nitrogens with zero attached hydrogens (tertiary/aromatic N) is 1. The molecule has 0 saturated heterocycles. The van der Waals surface area contributed by atoms with Gasteiger partial charge in [-0.15, -0.1) is 0 Å². The summed E-state index contributed by atoms with van der Waals surface area (Å²) in [6.45, 7) is 3.07. The Morgan fingerprint density at radius 3 is 2.50 bits per heavy atom. The number of thiocarbonyl (C=S) groups is 1. The first-order valence-corrected chi connectivity index (χ1v) is 8.38. The van der Waals surface area contributed by atoms with E-state index in [2.05, 4.69) is 6.92 Å². The van der Waals surface area contributed by atoms with Gasteiger partial charge in [-0.2, -0.15) is 0 Å². The standard InChI is InChI=1S/C16H26N2OS/c1-10-7-16(8-10,14(17)20)15(19)18(2)9-13-6-11-3-4-12(13)5-11/h10-13H,3-9H2,1-2H3,(H2,17,20). The van der Waals surface area contributed by atoms with Crippen molar-refractivity contribution in [1.82, 2.24) is 4.90 Å². The highest BCUT2D eigenvalue weighted by atomic mass is 32.1. The van der Waals surface area contributed by atoms with Gasteiger partial charge in [0.15, 0.2) is 0 Å². The van der Waals surface area contributed by atoms with Crippen molar-refractivity contribution < 1.29 is 4.79 Å². The van der Waals surface area contributed by atoms with Gasteiger partial charge in [-0.3, -0.25) is 4.79 Å². The molecule has 2 bridgehead atoms. The number of fused-ring (bicyclic) bond motifs is 2. The van der Waals surface area contributed by atoms with Gasteiger partial charge in [-0.05, 0) is 55.8 Å². The average molecular weight is 294 g/mol. The first-order valence-electron chi connectivity index (χ1n) is 7.98. The van der Waals surface area contributed by atoms with Gasteiger partial charge in [0.1, 0.15) is 0 Å². The smallest absolute Gasteiger partial charge is 0.235 e. The van der Waals surface area contributed by atoms with E-state index >= 15 is 0 Å². The largest absolute Gasteiger partial charge is 0.392 e. The molecule has 0 aliphatic heterocycles. The summed E-state index contributed by atoms with van der Waals surface area (Å²) in [5.74, 6) is 3.24. The Kier molecular flexibility index (Phi) is 3.56. The van der Waals surface area contributed by atoms with E-state index in [0.29, 0.717) is 16.8 Å². The van der Waals surface area contributed by atoms with Crippen LogP contribution in [0.25, 0.3) is 0 Å². The van der Waals surface area contributed by atoms with Crippen LogP contribution in [-0.2, 0) is 4.79 Å². The first kappa shape index (κ1) is 14.3. The van der Waals surface area contributed by atoms with E-state index in [4.69, 9.17) is 18.0 Å². The average Bonchev–Trinajstić information content (AvgIpc) is 2.95. The van der Waals surface area contributed by atoms with Crippen LogP contribution in [0.1, 0.15) is 45.4 Å². The molecule has 0 spiro atoms. The molecule has 3 saturated carbocycles. The van der Waals surface area contributed by atoms with Crippen molar-refractivity contribution in [1.29, 1.82) is 0 Å². The van der Waals surface area contributed by atoms with Crippen LogP contribution in [0.3, 0.4) is 0 Å². The highest BCUT2D eigenvalue weighted by Gasteiger charge is 2.52. The van der Waals surface area contributed by atoms with Gasteiger partial charge in [0.25, 0.3) is 0 Å². The van der Waals surface area contributed by atoms with E-state index in [1.54, 1.807) is 0 Å². The minimum absolute atomic E-state index is 0.172. The number of nitrogens with two attached hydrogens (primary N) is 1. The van der Waals surface area contributed by atoms with Crippen molar-refractivity contribution in [3.8, 4) is 0 Å². The van der Waals surface area contributed by atoms with Crippen LogP contribution in [0, 0.1) is 29.1 Å². The molecular weight excluding hydrogens is 268 g/mol. The van der Waals surface area contributed by atoms with Crippen molar-refractivity contribution in [2.45, 2.75) is 45.4 Å². The van der Waals surface area contributed by atoms with Gasteiger partial charge in [0.05, 0.1) is 10.4 Å². The minimum Gasteiger partial charge on any atom is -0.392 e. The predicted octanol–water partition coefficient (Wildman–Crippen LogP) is 2.58. The Hall–Kier alpha value is -0.640. The lowest BCUT2D eigenvalue weighted by atomic mass is 9.61. The van der Waals surface area contributed by atoms with E-state index in [9.17, 15) is 4.79 Å². The fourth-order valence-electron chi connectivity index (χ4n) is 5.01. The highest BCUT2D eigenvalue weighted by Crippen LogP contribution is 2.50. The molecule has 4 heteroatoms. The van der Waals surface area contributed by atoms with Crippen LogP contribution in [0.4, 0.5) is 0 Å². The lowest BCUT2D eigenvalue weighted by Gasteiger charge is -2.46. The molecular formula is C16H26N2OS. The molecule has 2 N–H and O–H groups in total. The topological polar surface area (TPSA) is 46.3 Å². The Labute approximate surface area is 127 Å². The number of amides is 1. The molecule has 3 nitrogen and oxygen atoms in total. The summed E-state index contributed by atoms with van der Waals surface area (Å²) < 4.78 is 0. The fraction of sp³-hybridized carbons (Fsp3) is 0.875. The van der Waals surface area contributed by atoms with Gasteiger partial charge in [-0.25, -0.2) is 0 Å². The zero-order valence-corrected chi connectivity index (χ0v) is 13.4. The van der Waals surface area contributed by atoms with Crippen LogP contribution in [-0.4, -0.2) is 29.4 Å². The van der Waals surface area contributed by atoms with E-state index < -0.39 is 5.41 Å². The molecule has 0 aromatic rings. The fourth-order valence-corrected chi connectivity index (χ4v) is 5.27. The third kappa shape index (κ3) is 2.16. The summed E-state index contributed by atoms with van der Waals surface area (Å²) in [6, 6.07) is 0. The van der Waals surface area contributed by atoms with E-state index in [0.717, 1.165) is 31.2 Å². The second kappa shape index (κ2) is 4.97. The number of carbonyl (C=O) groups excluding carboxylic acids is 1. The first-order chi connectivity index (χ1) is 9.42. The molecule has 3 rings (SSSR count). The van der Waals surface area contributed by atoms with Gasteiger partial charge in [0.2, 0.25) is 5.91 Å². The van der Waals surface area contributed by atoms with Crippen LogP contribution < -0.4 is 5.73 Å². The molecule has 112 valence electrons. The predicted molar refractivity (Wildman–Crippen MR) is 84.2 cm³/mol. The van der Waals surface area contributed by atoms with Gasteiger partial charge in [0, 0.05) is 13.6 Å². The summed E-state index contributed by atoms with van der Waals surface area (Å²) in [7, 11) is 1.94. The Bertz CT molecular complexity index is 430. The third-order valence-electron chi connectivity index (χ3n) is 6.01. The maximum Gasteiger partial charge on any atom is 0.235 e. The van der Waals surface area contributed by atoms with Gasteiger partial charge < -0.3 is 10.6 Å². The summed E-state index contributed by atoms with van der Waals surface area (Å²) in [5.41, 5.74) is 5.36. The van der Waals surface area contributed by atoms with Crippen molar-refractivity contribution in [2.24, 2.45) is 34.8 Å². The van der Waals surface area contributed by atoms with E-state index in [1.165, 1.54) is 25.7 Å². The molecule has 0 radical (unpaired) electrons. The Morgan fingerprint density at radius 2 is 2.05 bits per heavy atom. The maximum atomic E-state index is 12.8. The summed E-state index contributed by atoms with van der Waals surface area (Å²) >= 11 is 5.20. The monoisotopic (exact) mass is 294 g/mol. The highest BCUT2D eigenvalue weighted by molar-refractivity contribution is 7.80. The Balaban J connectivity index is 1.63. The van der Waals surface area contributed by atoms with Crippen molar-refractivity contribution in [2.75, 3.05) is 13.6 Å². The lowest BCUT2D eigenvalue weighted by molar-refractivity contribution is -0.143. The third-order valence-corrected chi connectivity index (χ3v) is 6.41. The molecule has 3 fully saturated rings. The molecule has 0 aromatic heterocycles. The van der Waals surface area contributed by atoms with Crippen molar-refractivity contribution >= 4 is 23.1 Å². The van der Waals surface area contributed by atoms with Crippen LogP contribution in [0.2, 0.25) is 0 Å². The summed E-state index contributed by atoms with van der Waals surface area (Å²) in [6.07, 6.45) is 7.16. The van der Waals surface area contributed by atoms with Crippen LogP contribution >= 0.6 is 12.2 Å². The molecule has 0 aromatic carbocycles. The Morgan fingerprint density at radius 1 is 1.35 bits per heavy atom. The van der Waals surface area contributed by atoms with Crippen LogP contribution in [0.5, 0.6) is 0 Å². The van der Waals surface area contributed by atoms with Gasteiger partial charge in [-0.1, -0.05) is 25.6 Å².